The Morgan fingerprint density at radius 2 is 1.73 bits per heavy atom. The third kappa shape index (κ3) is 3.71. The molecular weight excluding hydrogens is 407 g/mol. The predicted octanol–water partition coefficient (Wildman–Crippen LogP) is 3.12. The standard InChI is InChI=1S/C21H19FN4O3S/c1-25-12-19(18-9-15(5-7-20(18)22)24-30(3,28)29)17-8-13(4-6-16(17)21(25)27)14-10-23-26(2)11-14/h4-12,24H,1-3H3. The van der Waals surface area contributed by atoms with E-state index in [0.29, 0.717) is 16.3 Å². The molecule has 2 heterocycles. The largest absolute Gasteiger partial charge is 0.317 e. The van der Waals surface area contributed by atoms with E-state index in [2.05, 4.69) is 9.82 Å². The topological polar surface area (TPSA) is 86.0 Å². The number of aromatic nitrogens is 3. The SMILES string of the molecule is Cn1cc(-c2ccc3c(=O)n(C)cc(-c4cc(NS(C)(=O)=O)ccc4F)c3c2)cn1. The number of fused-ring (bicyclic) bond motifs is 1. The first kappa shape index (κ1) is 19.8. The second-order valence-corrected chi connectivity index (χ2v) is 8.94. The molecule has 0 aliphatic carbocycles. The first-order chi connectivity index (χ1) is 14.1. The molecule has 0 radical (unpaired) electrons. The molecule has 4 aromatic rings. The third-order valence-corrected chi connectivity index (χ3v) is 5.39. The number of aryl methyl sites for hydroxylation is 2. The van der Waals surface area contributed by atoms with E-state index in [9.17, 15) is 17.6 Å². The van der Waals surface area contributed by atoms with E-state index in [1.54, 1.807) is 37.2 Å². The molecule has 2 aromatic carbocycles. The van der Waals surface area contributed by atoms with Gasteiger partial charge < -0.3 is 4.57 Å². The molecule has 2 aromatic heterocycles. The smallest absolute Gasteiger partial charge is 0.258 e. The Bertz CT molecular complexity index is 1460. The fraction of sp³-hybridized carbons (Fsp3) is 0.143. The summed E-state index contributed by atoms with van der Waals surface area (Å²) in [4.78, 5) is 12.7. The fourth-order valence-corrected chi connectivity index (χ4v) is 3.99. The number of anilines is 1. The summed E-state index contributed by atoms with van der Waals surface area (Å²) < 4.78 is 43.4. The van der Waals surface area contributed by atoms with Crippen LogP contribution >= 0.6 is 0 Å². The van der Waals surface area contributed by atoms with Crippen LogP contribution in [0.15, 0.2) is 59.8 Å². The van der Waals surface area contributed by atoms with Gasteiger partial charge in [-0.05, 0) is 41.3 Å². The number of halogens is 1. The van der Waals surface area contributed by atoms with Crippen molar-refractivity contribution in [1.82, 2.24) is 14.3 Å². The zero-order valence-corrected chi connectivity index (χ0v) is 17.4. The van der Waals surface area contributed by atoms with Crippen LogP contribution in [0.3, 0.4) is 0 Å². The molecule has 0 saturated heterocycles. The molecule has 0 spiro atoms. The van der Waals surface area contributed by atoms with E-state index in [4.69, 9.17) is 0 Å². The van der Waals surface area contributed by atoms with Gasteiger partial charge in [0.2, 0.25) is 10.0 Å². The van der Waals surface area contributed by atoms with Crippen LogP contribution < -0.4 is 10.3 Å². The van der Waals surface area contributed by atoms with E-state index >= 15 is 0 Å². The van der Waals surface area contributed by atoms with Crippen molar-refractivity contribution in [1.29, 1.82) is 0 Å². The second kappa shape index (κ2) is 7.10. The lowest BCUT2D eigenvalue weighted by Crippen LogP contribution is -2.16. The summed E-state index contributed by atoms with van der Waals surface area (Å²) in [5.74, 6) is -0.527. The predicted molar refractivity (Wildman–Crippen MR) is 115 cm³/mol. The Kier molecular flexibility index (Phi) is 4.70. The zero-order valence-electron chi connectivity index (χ0n) is 16.5. The Labute approximate surface area is 172 Å². The molecule has 9 heteroatoms. The van der Waals surface area contributed by atoms with E-state index < -0.39 is 15.8 Å². The molecule has 0 fully saturated rings. The number of sulfonamides is 1. The van der Waals surface area contributed by atoms with E-state index in [-0.39, 0.29) is 16.8 Å². The molecule has 0 bridgehead atoms. The molecule has 0 amide bonds. The number of nitrogens with one attached hydrogen (secondary N) is 1. The number of hydrogen-bond donors (Lipinski definition) is 1. The van der Waals surface area contributed by atoms with Gasteiger partial charge in [0.15, 0.2) is 0 Å². The van der Waals surface area contributed by atoms with Crippen LogP contribution in [-0.4, -0.2) is 29.0 Å². The Balaban J connectivity index is 1.99. The average molecular weight is 426 g/mol. The lowest BCUT2D eigenvalue weighted by Gasteiger charge is -2.13. The number of pyridine rings is 1. The van der Waals surface area contributed by atoms with Gasteiger partial charge in [-0.2, -0.15) is 5.10 Å². The Hall–Kier alpha value is -3.46. The monoisotopic (exact) mass is 426 g/mol. The molecule has 0 aliphatic rings. The van der Waals surface area contributed by atoms with Crippen molar-refractivity contribution >= 4 is 26.5 Å². The molecule has 7 nitrogen and oxygen atoms in total. The lowest BCUT2D eigenvalue weighted by atomic mass is 9.97. The number of benzene rings is 2. The van der Waals surface area contributed by atoms with Crippen LogP contribution in [0.25, 0.3) is 33.0 Å². The highest BCUT2D eigenvalue weighted by molar-refractivity contribution is 7.92. The molecule has 0 unspecified atom stereocenters. The summed E-state index contributed by atoms with van der Waals surface area (Å²) in [5.41, 5.74) is 2.38. The molecule has 0 saturated carbocycles. The normalized spacial score (nSPS) is 11.7. The number of nitrogens with zero attached hydrogens (tertiary/aromatic N) is 3. The van der Waals surface area contributed by atoms with Gasteiger partial charge in [0, 0.05) is 54.3 Å². The second-order valence-electron chi connectivity index (χ2n) is 7.19. The third-order valence-electron chi connectivity index (χ3n) is 4.78. The minimum Gasteiger partial charge on any atom is -0.317 e. The van der Waals surface area contributed by atoms with Crippen molar-refractivity contribution in [2.75, 3.05) is 11.0 Å². The van der Waals surface area contributed by atoms with Crippen LogP contribution in [0, 0.1) is 5.82 Å². The van der Waals surface area contributed by atoms with Crippen molar-refractivity contribution in [2.24, 2.45) is 14.1 Å². The first-order valence-electron chi connectivity index (χ1n) is 9.02. The van der Waals surface area contributed by atoms with Gasteiger partial charge in [0.1, 0.15) is 5.82 Å². The highest BCUT2D eigenvalue weighted by Gasteiger charge is 2.15. The molecule has 30 heavy (non-hydrogen) atoms. The highest BCUT2D eigenvalue weighted by atomic mass is 32.2. The Morgan fingerprint density at radius 1 is 0.967 bits per heavy atom. The molecular formula is C21H19FN4O3S. The maximum atomic E-state index is 14.8. The van der Waals surface area contributed by atoms with Gasteiger partial charge in [-0.15, -0.1) is 0 Å². The van der Waals surface area contributed by atoms with Crippen molar-refractivity contribution in [3.8, 4) is 22.3 Å². The summed E-state index contributed by atoms with van der Waals surface area (Å²) >= 11 is 0. The van der Waals surface area contributed by atoms with Gasteiger partial charge in [-0.3, -0.25) is 14.2 Å². The Morgan fingerprint density at radius 3 is 2.40 bits per heavy atom. The van der Waals surface area contributed by atoms with Gasteiger partial charge in [0.05, 0.1) is 12.5 Å². The summed E-state index contributed by atoms with van der Waals surface area (Å²) in [7, 11) is -0.123. The molecule has 0 atom stereocenters. The minimum absolute atomic E-state index is 0.188. The average Bonchev–Trinajstić information content (AvgIpc) is 3.11. The van der Waals surface area contributed by atoms with Gasteiger partial charge in [-0.1, -0.05) is 6.07 Å². The first-order valence-corrected chi connectivity index (χ1v) is 10.9. The van der Waals surface area contributed by atoms with E-state index in [1.165, 1.54) is 22.8 Å². The maximum absolute atomic E-state index is 14.8. The van der Waals surface area contributed by atoms with Crippen molar-refractivity contribution in [2.45, 2.75) is 0 Å². The van der Waals surface area contributed by atoms with Gasteiger partial charge >= 0.3 is 0 Å². The molecule has 4 rings (SSSR count). The quantitative estimate of drug-likeness (QED) is 0.543. The van der Waals surface area contributed by atoms with Crippen molar-refractivity contribution < 1.29 is 12.8 Å². The summed E-state index contributed by atoms with van der Waals surface area (Å²) in [6.07, 6.45) is 6.14. The number of hydrogen-bond acceptors (Lipinski definition) is 4. The van der Waals surface area contributed by atoms with Crippen LogP contribution in [0.4, 0.5) is 10.1 Å². The van der Waals surface area contributed by atoms with Gasteiger partial charge in [0.25, 0.3) is 5.56 Å². The van der Waals surface area contributed by atoms with Crippen LogP contribution in [0.5, 0.6) is 0 Å². The van der Waals surface area contributed by atoms with Crippen molar-refractivity contribution in [3.05, 3.63) is 71.2 Å². The molecule has 154 valence electrons. The lowest BCUT2D eigenvalue weighted by molar-refractivity contribution is 0.606. The minimum atomic E-state index is -3.52. The molecule has 0 aliphatic heterocycles. The van der Waals surface area contributed by atoms with E-state index in [0.717, 1.165) is 17.4 Å². The van der Waals surface area contributed by atoms with Crippen molar-refractivity contribution in [3.63, 3.8) is 0 Å². The van der Waals surface area contributed by atoms with Crippen LogP contribution in [0.2, 0.25) is 0 Å². The summed E-state index contributed by atoms with van der Waals surface area (Å²) in [6.45, 7) is 0. The van der Waals surface area contributed by atoms with Crippen LogP contribution in [-0.2, 0) is 24.1 Å². The highest BCUT2D eigenvalue weighted by Crippen LogP contribution is 2.33. The molecule has 1 N–H and O–H groups in total. The van der Waals surface area contributed by atoms with Gasteiger partial charge in [-0.25, -0.2) is 12.8 Å². The number of rotatable bonds is 4. The summed E-state index contributed by atoms with van der Waals surface area (Å²) in [5, 5.41) is 5.17. The zero-order chi connectivity index (χ0) is 21.6. The fourth-order valence-electron chi connectivity index (χ4n) is 3.44. The van der Waals surface area contributed by atoms with E-state index in [1.807, 2.05) is 18.3 Å². The summed E-state index contributed by atoms with van der Waals surface area (Å²) in [6, 6.07) is 9.32. The van der Waals surface area contributed by atoms with Crippen LogP contribution in [0.1, 0.15) is 0 Å². The maximum Gasteiger partial charge on any atom is 0.258 e.